The predicted molar refractivity (Wildman–Crippen MR) is 97.3 cm³/mol. The van der Waals surface area contributed by atoms with Gasteiger partial charge in [0.05, 0.1) is 6.10 Å². The van der Waals surface area contributed by atoms with E-state index in [0.717, 1.165) is 25.7 Å². The number of hydrogen-bond donors (Lipinski definition) is 1. The second kappa shape index (κ2) is 10.0. The largest absolute Gasteiger partial charge is 0.390 e. The Balaban J connectivity index is 1.64. The van der Waals surface area contributed by atoms with Crippen molar-refractivity contribution in [2.24, 2.45) is 0 Å². The van der Waals surface area contributed by atoms with E-state index in [0.29, 0.717) is 0 Å². The van der Waals surface area contributed by atoms with Crippen molar-refractivity contribution in [3.8, 4) is 0 Å². The Bertz CT molecular complexity index is 398. The summed E-state index contributed by atoms with van der Waals surface area (Å²) in [5.74, 6) is -0.653. The zero-order valence-electron chi connectivity index (χ0n) is 16.1. The van der Waals surface area contributed by atoms with Crippen LogP contribution in [0.3, 0.4) is 0 Å². The monoisotopic (exact) mass is 356 g/mol. The van der Waals surface area contributed by atoms with E-state index in [2.05, 4.69) is 6.58 Å². The SMILES string of the molecule is C=CCCCCCCCCC[C@H](O)C1OC(OC)C2OC(C)(C)OC21. The minimum absolute atomic E-state index is 0.264. The lowest BCUT2D eigenvalue weighted by atomic mass is 10.00. The summed E-state index contributed by atoms with van der Waals surface area (Å²) < 4.78 is 23.0. The molecule has 2 aliphatic heterocycles. The maximum absolute atomic E-state index is 10.6. The van der Waals surface area contributed by atoms with Crippen LogP contribution in [-0.4, -0.2) is 48.7 Å². The van der Waals surface area contributed by atoms with Gasteiger partial charge >= 0.3 is 0 Å². The minimum atomic E-state index is -0.653. The predicted octanol–water partition coefficient (Wildman–Crippen LogP) is 3.94. The van der Waals surface area contributed by atoms with Crippen molar-refractivity contribution in [1.82, 2.24) is 0 Å². The summed E-state index contributed by atoms with van der Waals surface area (Å²) in [4.78, 5) is 0. The fourth-order valence-electron chi connectivity index (χ4n) is 3.78. The molecule has 2 rings (SSSR count). The summed E-state index contributed by atoms with van der Waals surface area (Å²) in [5.41, 5.74) is 0. The first-order valence-corrected chi connectivity index (χ1v) is 9.81. The van der Waals surface area contributed by atoms with Crippen LogP contribution >= 0.6 is 0 Å². The third kappa shape index (κ3) is 6.04. The molecule has 0 radical (unpaired) electrons. The van der Waals surface area contributed by atoms with E-state index in [-0.39, 0.29) is 18.3 Å². The Morgan fingerprint density at radius 3 is 2.28 bits per heavy atom. The van der Waals surface area contributed by atoms with Gasteiger partial charge in [-0.25, -0.2) is 0 Å². The number of ether oxygens (including phenoxy) is 4. The van der Waals surface area contributed by atoms with E-state index >= 15 is 0 Å². The first-order chi connectivity index (χ1) is 12.0. The molecule has 25 heavy (non-hydrogen) atoms. The lowest BCUT2D eigenvalue weighted by Gasteiger charge is -2.26. The molecule has 4 unspecified atom stereocenters. The van der Waals surface area contributed by atoms with Gasteiger partial charge in [0.1, 0.15) is 18.3 Å². The molecule has 0 aliphatic carbocycles. The highest BCUT2D eigenvalue weighted by atomic mass is 16.8. The van der Waals surface area contributed by atoms with Gasteiger partial charge in [0.2, 0.25) is 0 Å². The quantitative estimate of drug-likeness (QED) is 0.424. The highest BCUT2D eigenvalue weighted by Gasteiger charge is 2.57. The van der Waals surface area contributed by atoms with Gasteiger partial charge in [0.25, 0.3) is 0 Å². The lowest BCUT2D eigenvalue weighted by molar-refractivity contribution is -0.237. The molecule has 5 atom stereocenters. The fourth-order valence-corrected chi connectivity index (χ4v) is 3.78. The molecule has 0 amide bonds. The first-order valence-electron chi connectivity index (χ1n) is 9.81. The minimum Gasteiger partial charge on any atom is -0.390 e. The van der Waals surface area contributed by atoms with E-state index < -0.39 is 18.2 Å². The highest BCUT2D eigenvalue weighted by Crippen LogP contribution is 2.40. The number of unbranched alkanes of at least 4 members (excludes halogenated alkanes) is 7. The summed E-state index contributed by atoms with van der Waals surface area (Å²) in [6.07, 6.45) is 10.4. The number of hydrogen-bond acceptors (Lipinski definition) is 5. The Hall–Kier alpha value is -0.460. The van der Waals surface area contributed by atoms with Crippen molar-refractivity contribution in [2.75, 3.05) is 7.11 Å². The second-order valence-corrected chi connectivity index (χ2v) is 7.68. The number of methoxy groups -OCH3 is 1. The van der Waals surface area contributed by atoms with Gasteiger partial charge in [-0.2, -0.15) is 0 Å². The highest BCUT2D eigenvalue weighted by molar-refractivity contribution is 4.97. The van der Waals surface area contributed by atoms with Crippen LogP contribution in [-0.2, 0) is 18.9 Å². The van der Waals surface area contributed by atoms with Crippen molar-refractivity contribution in [1.29, 1.82) is 0 Å². The Kier molecular flexibility index (Phi) is 8.36. The van der Waals surface area contributed by atoms with E-state index in [9.17, 15) is 5.11 Å². The molecule has 0 aromatic rings. The maximum atomic E-state index is 10.6. The zero-order valence-corrected chi connectivity index (χ0v) is 16.1. The van der Waals surface area contributed by atoms with Crippen molar-refractivity contribution < 1.29 is 24.1 Å². The maximum Gasteiger partial charge on any atom is 0.186 e. The molecule has 2 aliphatic rings. The van der Waals surface area contributed by atoms with Crippen LogP contribution in [0.4, 0.5) is 0 Å². The van der Waals surface area contributed by atoms with Crippen LogP contribution in [0, 0.1) is 0 Å². The molecule has 146 valence electrons. The van der Waals surface area contributed by atoms with E-state index in [1.165, 1.54) is 32.1 Å². The van der Waals surface area contributed by atoms with Crippen LogP contribution in [0.1, 0.15) is 71.6 Å². The number of allylic oxidation sites excluding steroid dienone is 1. The molecule has 0 saturated carbocycles. The molecular weight excluding hydrogens is 320 g/mol. The molecule has 5 nitrogen and oxygen atoms in total. The zero-order chi connectivity index (χ0) is 18.3. The molecule has 2 fully saturated rings. The second-order valence-electron chi connectivity index (χ2n) is 7.68. The van der Waals surface area contributed by atoms with Gasteiger partial charge in [0.15, 0.2) is 12.1 Å². The first kappa shape index (κ1) is 20.8. The van der Waals surface area contributed by atoms with Gasteiger partial charge in [-0.15, -0.1) is 6.58 Å². The van der Waals surface area contributed by atoms with E-state index in [1.54, 1.807) is 7.11 Å². The summed E-state index contributed by atoms with van der Waals surface area (Å²) in [6, 6.07) is 0. The number of rotatable bonds is 12. The van der Waals surface area contributed by atoms with Crippen LogP contribution < -0.4 is 0 Å². The van der Waals surface area contributed by atoms with Gasteiger partial charge in [-0.05, 0) is 33.1 Å². The smallest absolute Gasteiger partial charge is 0.186 e. The summed E-state index contributed by atoms with van der Waals surface area (Å²) in [7, 11) is 1.60. The van der Waals surface area contributed by atoms with Gasteiger partial charge < -0.3 is 24.1 Å². The molecule has 0 bridgehead atoms. The molecule has 5 heteroatoms. The number of fused-ring (bicyclic) bond motifs is 1. The Morgan fingerprint density at radius 2 is 1.64 bits per heavy atom. The van der Waals surface area contributed by atoms with Crippen LogP contribution in [0.2, 0.25) is 0 Å². The molecular formula is C20H36O5. The fraction of sp³-hybridized carbons (Fsp3) is 0.900. The van der Waals surface area contributed by atoms with Crippen LogP contribution in [0.15, 0.2) is 12.7 Å². The molecule has 2 heterocycles. The third-order valence-corrected chi connectivity index (χ3v) is 5.07. The molecule has 1 N–H and O–H groups in total. The van der Waals surface area contributed by atoms with Crippen molar-refractivity contribution in [3.63, 3.8) is 0 Å². The standard InChI is InChI=1S/C20H36O5/c1-5-6-7-8-9-10-11-12-13-14-15(21)16-17-18(19(22-4)23-16)25-20(2,3)24-17/h5,15-19,21H,1,6-14H2,2-4H3/t15-,16?,17?,18?,19?/m0/s1. The van der Waals surface area contributed by atoms with Crippen molar-refractivity contribution >= 4 is 0 Å². The van der Waals surface area contributed by atoms with Crippen molar-refractivity contribution in [3.05, 3.63) is 12.7 Å². The molecule has 0 spiro atoms. The van der Waals surface area contributed by atoms with Crippen LogP contribution in [0.5, 0.6) is 0 Å². The lowest BCUT2D eigenvalue weighted by Crippen LogP contribution is -2.38. The summed E-state index contributed by atoms with van der Waals surface area (Å²) >= 11 is 0. The summed E-state index contributed by atoms with van der Waals surface area (Å²) in [5, 5.41) is 10.6. The Labute approximate surface area is 152 Å². The third-order valence-electron chi connectivity index (χ3n) is 5.07. The van der Waals surface area contributed by atoms with Crippen LogP contribution in [0.25, 0.3) is 0 Å². The van der Waals surface area contributed by atoms with E-state index in [4.69, 9.17) is 18.9 Å². The number of aliphatic hydroxyl groups is 1. The topological polar surface area (TPSA) is 57.2 Å². The molecule has 2 saturated heterocycles. The van der Waals surface area contributed by atoms with Gasteiger partial charge in [0, 0.05) is 7.11 Å². The van der Waals surface area contributed by atoms with Gasteiger partial charge in [-0.1, -0.05) is 44.6 Å². The molecule has 0 aromatic heterocycles. The van der Waals surface area contributed by atoms with E-state index in [1.807, 2.05) is 19.9 Å². The normalized spacial score (nSPS) is 31.8. The van der Waals surface area contributed by atoms with Gasteiger partial charge in [-0.3, -0.25) is 0 Å². The number of aliphatic hydroxyl groups excluding tert-OH is 1. The average molecular weight is 357 g/mol. The average Bonchev–Trinajstić information content (AvgIpc) is 3.05. The molecule has 0 aromatic carbocycles. The summed E-state index contributed by atoms with van der Waals surface area (Å²) in [6.45, 7) is 7.52. The van der Waals surface area contributed by atoms with Crippen molar-refractivity contribution in [2.45, 2.75) is 108 Å². The Morgan fingerprint density at radius 1 is 1.04 bits per heavy atom.